The number of aryl methyl sites for hydroxylation is 3. The molecule has 0 aliphatic heterocycles. The smallest absolute Gasteiger partial charge is 0.253 e. The van der Waals surface area contributed by atoms with Crippen molar-refractivity contribution in [3.8, 4) is 5.69 Å². The van der Waals surface area contributed by atoms with Crippen LogP contribution in [0, 0.1) is 20.8 Å². The van der Waals surface area contributed by atoms with Crippen LogP contribution in [0.4, 0.5) is 0 Å². The molecule has 0 saturated carbocycles. The molecular formula is C21H25N3OS. The first-order valence-corrected chi connectivity index (χ1v) is 9.88. The number of rotatable bonds is 7. The maximum absolute atomic E-state index is 12.6. The third-order valence-corrected chi connectivity index (χ3v) is 5.49. The summed E-state index contributed by atoms with van der Waals surface area (Å²) in [6.07, 6.45) is 2.98. The van der Waals surface area contributed by atoms with Crippen LogP contribution < -0.4 is 5.32 Å². The predicted molar refractivity (Wildman–Crippen MR) is 107 cm³/mol. The Morgan fingerprint density at radius 1 is 1.15 bits per heavy atom. The van der Waals surface area contributed by atoms with E-state index in [9.17, 15) is 4.79 Å². The molecule has 0 saturated heterocycles. The minimum absolute atomic E-state index is 0.00498. The van der Waals surface area contributed by atoms with Crippen LogP contribution in [0.1, 0.15) is 45.3 Å². The highest BCUT2D eigenvalue weighted by atomic mass is 32.1. The second-order valence-electron chi connectivity index (χ2n) is 6.55. The Morgan fingerprint density at radius 2 is 1.92 bits per heavy atom. The summed E-state index contributed by atoms with van der Waals surface area (Å²) in [7, 11) is 0. The maximum Gasteiger partial charge on any atom is 0.253 e. The lowest BCUT2D eigenvalue weighted by atomic mass is 10.2. The van der Waals surface area contributed by atoms with Gasteiger partial charge >= 0.3 is 0 Å². The fourth-order valence-electron chi connectivity index (χ4n) is 3.18. The Balaban J connectivity index is 1.55. The lowest BCUT2D eigenvalue weighted by Gasteiger charge is -2.10. The third kappa shape index (κ3) is 4.22. The highest BCUT2D eigenvalue weighted by Gasteiger charge is 2.16. The van der Waals surface area contributed by atoms with Gasteiger partial charge in [-0.05, 0) is 58.2 Å². The monoisotopic (exact) mass is 367 g/mol. The van der Waals surface area contributed by atoms with E-state index in [-0.39, 0.29) is 5.91 Å². The Hall–Kier alpha value is -2.40. The molecule has 2 heterocycles. The van der Waals surface area contributed by atoms with Gasteiger partial charge in [-0.3, -0.25) is 4.79 Å². The first-order chi connectivity index (χ1) is 12.6. The van der Waals surface area contributed by atoms with Crippen LogP contribution in [-0.4, -0.2) is 22.0 Å². The molecule has 0 radical (unpaired) electrons. The molecule has 0 bridgehead atoms. The highest BCUT2D eigenvalue weighted by molar-refractivity contribution is 7.09. The lowest BCUT2D eigenvalue weighted by molar-refractivity contribution is 0.0952. The van der Waals surface area contributed by atoms with E-state index in [1.54, 1.807) is 11.3 Å². The van der Waals surface area contributed by atoms with Crippen LogP contribution in [0.3, 0.4) is 0 Å². The van der Waals surface area contributed by atoms with Gasteiger partial charge in [0, 0.05) is 34.7 Å². The van der Waals surface area contributed by atoms with Crippen molar-refractivity contribution in [1.82, 2.24) is 14.9 Å². The van der Waals surface area contributed by atoms with Crippen molar-refractivity contribution >= 4 is 17.2 Å². The summed E-state index contributed by atoms with van der Waals surface area (Å²) in [6.45, 7) is 6.75. The van der Waals surface area contributed by atoms with Crippen molar-refractivity contribution in [1.29, 1.82) is 0 Å². The normalized spacial score (nSPS) is 10.9. The minimum atomic E-state index is 0.00498. The zero-order chi connectivity index (χ0) is 18.5. The number of thiazole rings is 1. The van der Waals surface area contributed by atoms with E-state index < -0.39 is 0 Å². The molecule has 0 aliphatic rings. The van der Waals surface area contributed by atoms with Gasteiger partial charge in [0.25, 0.3) is 5.91 Å². The second-order valence-corrected chi connectivity index (χ2v) is 7.49. The van der Waals surface area contributed by atoms with Crippen molar-refractivity contribution in [2.45, 2.75) is 40.0 Å². The lowest BCUT2D eigenvalue weighted by Crippen LogP contribution is -2.25. The van der Waals surface area contributed by atoms with Crippen LogP contribution in [0.2, 0.25) is 0 Å². The van der Waals surface area contributed by atoms with E-state index in [1.165, 1.54) is 5.01 Å². The number of amides is 1. The number of hydrogen-bond donors (Lipinski definition) is 1. The number of nitrogens with one attached hydrogen (secondary N) is 1. The molecule has 4 nitrogen and oxygen atoms in total. The number of unbranched alkanes of at least 4 members (excludes halogenated alkanes) is 1. The minimum Gasteiger partial charge on any atom is -0.352 e. The Bertz CT molecular complexity index is 880. The molecular weight excluding hydrogens is 342 g/mol. The van der Waals surface area contributed by atoms with Gasteiger partial charge in [-0.15, -0.1) is 11.3 Å². The van der Waals surface area contributed by atoms with Gasteiger partial charge < -0.3 is 9.88 Å². The molecule has 2 aromatic heterocycles. The molecule has 1 N–H and O–H groups in total. The first-order valence-electron chi connectivity index (χ1n) is 9.00. The molecule has 5 heteroatoms. The fourth-order valence-corrected chi connectivity index (χ4v) is 4.00. The molecule has 0 unspecified atom stereocenters. The summed E-state index contributed by atoms with van der Waals surface area (Å²) in [5.74, 6) is 0.00498. The van der Waals surface area contributed by atoms with Gasteiger partial charge in [0.1, 0.15) is 0 Å². The number of benzene rings is 1. The summed E-state index contributed by atoms with van der Waals surface area (Å²) in [5, 5.41) is 6.32. The van der Waals surface area contributed by atoms with Gasteiger partial charge in [0.2, 0.25) is 0 Å². The number of nitrogens with zero attached hydrogens (tertiary/aromatic N) is 2. The topological polar surface area (TPSA) is 46.9 Å². The average molecular weight is 368 g/mol. The summed E-state index contributed by atoms with van der Waals surface area (Å²) < 4.78 is 2.12. The van der Waals surface area contributed by atoms with Crippen molar-refractivity contribution in [3.63, 3.8) is 0 Å². The molecule has 26 heavy (non-hydrogen) atoms. The summed E-state index contributed by atoms with van der Waals surface area (Å²) >= 11 is 1.71. The quantitative estimate of drug-likeness (QED) is 0.620. The van der Waals surface area contributed by atoms with Gasteiger partial charge in [0.15, 0.2) is 0 Å². The molecule has 0 atom stereocenters. The third-order valence-electron chi connectivity index (χ3n) is 4.46. The van der Waals surface area contributed by atoms with Crippen molar-refractivity contribution in [2.24, 2.45) is 0 Å². The zero-order valence-corrected chi connectivity index (χ0v) is 16.4. The Morgan fingerprint density at radius 3 is 2.62 bits per heavy atom. The molecule has 0 fully saturated rings. The molecule has 1 aromatic carbocycles. The molecule has 1 amide bonds. The van der Waals surface area contributed by atoms with Crippen LogP contribution >= 0.6 is 11.3 Å². The van der Waals surface area contributed by atoms with Crippen LogP contribution in [0.25, 0.3) is 5.69 Å². The van der Waals surface area contributed by atoms with Crippen molar-refractivity contribution in [3.05, 3.63) is 69.4 Å². The highest BCUT2D eigenvalue weighted by Crippen LogP contribution is 2.20. The molecule has 0 spiro atoms. The second kappa shape index (κ2) is 8.32. The van der Waals surface area contributed by atoms with E-state index >= 15 is 0 Å². The number of hydrogen-bond acceptors (Lipinski definition) is 3. The number of aromatic nitrogens is 2. The summed E-state index contributed by atoms with van der Waals surface area (Å²) in [4.78, 5) is 17.0. The van der Waals surface area contributed by atoms with Crippen LogP contribution in [0.5, 0.6) is 0 Å². The largest absolute Gasteiger partial charge is 0.352 e. The predicted octanol–water partition coefficient (Wildman–Crippen LogP) is 4.61. The van der Waals surface area contributed by atoms with E-state index in [1.807, 2.05) is 45.0 Å². The van der Waals surface area contributed by atoms with E-state index in [2.05, 4.69) is 32.4 Å². The van der Waals surface area contributed by atoms with E-state index in [4.69, 9.17) is 0 Å². The summed E-state index contributed by atoms with van der Waals surface area (Å²) in [5.41, 5.74) is 4.97. The number of carbonyl (C=O) groups excluding carboxylic acids is 1. The van der Waals surface area contributed by atoms with Crippen molar-refractivity contribution in [2.75, 3.05) is 6.54 Å². The van der Waals surface area contributed by atoms with Gasteiger partial charge in [-0.1, -0.05) is 18.2 Å². The van der Waals surface area contributed by atoms with Crippen molar-refractivity contribution < 1.29 is 4.79 Å². The number of carbonyl (C=O) groups is 1. The number of para-hydroxylation sites is 1. The van der Waals surface area contributed by atoms with E-state index in [0.717, 1.165) is 47.6 Å². The SMILES string of the molecule is Cc1csc(CCCCNC(=O)c2cc(C)n(-c3ccccc3)c2C)n1. The molecule has 136 valence electrons. The maximum atomic E-state index is 12.6. The standard InChI is InChI=1S/C21H25N3OS/c1-15-14-26-20(23-15)11-7-8-12-22-21(25)19-13-16(2)24(17(19)3)18-9-5-4-6-10-18/h4-6,9-10,13-14H,7-8,11-12H2,1-3H3,(H,22,25). The average Bonchev–Trinajstić information content (AvgIpc) is 3.18. The molecule has 3 rings (SSSR count). The summed E-state index contributed by atoms with van der Waals surface area (Å²) in [6, 6.07) is 12.1. The molecule has 3 aromatic rings. The van der Waals surface area contributed by atoms with Gasteiger partial charge in [-0.2, -0.15) is 0 Å². The van der Waals surface area contributed by atoms with Crippen LogP contribution in [-0.2, 0) is 6.42 Å². The van der Waals surface area contributed by atoms with Gasteiger partial charge in [0.05, 0.1) is 10.6 Å². The Kier molecular flexibility index (Phi) is 5.89. The molecule has 0 aliphatic carbocycles. The zero-order valence-electron chi connectivity index (χ0n) is 15.6. The van der Waals surface area contributed by atoms with E-state index in [0.29, 0.717) is 6.54 Å². The Labute approximate surface area is 158 Å². The first kappa shape index (κ1) is 18.4. The van der Waals surface area contributed by atoms with Gasteiger partial charge in [-0.25, -0.2) is 4.98 Å². The van der Waals surface area contributed by atoms with Crippen LogP contribution in [0.15, 0.2) is 41.8 Å². The fraction of sp³-hybridized carbons (Fsp3) is 0.333.